The number of amides is 2. The lowest BCUT2D eigenvalue weighted by Gasteiger charge is -2.09. The maximum Gasteiger partial charge on any atom is 0.230 e. The Morgan fingerprint density at radius 1 is 0.906 bits per heavy atom. The number of carbonyl (C=O) groups is 3. The van der Waals surface area contributed by atoms with Crippen LogP contribution in [0.2, 0.25) is 0 Å². The van der Waals surface area contributed by atoms with Crippen molar-refractivity contribution in [1.82, 2.24) is 19.9 Å². The first-order chi connectivity index (χ1) is 15.1. The van der Waals surface area contributed by atoms with Crippen molar-refractivity contribution in [3.63, 3.8) is 0 Å². The normalized spacial score (nSPS) is 11.4. The number of rotatable bonds is 8. The summed E-state index contributed by atoms with van der Waals surface area (Å²) in [6, 6.07) is 3.01. The highest BCUT2D eigenvalue weighted by Gasteiger charge is 2.13. The molecule has 0 saturated carbocycles. The molecule has 0 spiro atoms. The van der Waals surface area contributed by atoms with E-state index in [4.69, 9.17) is 23.2 Å². The van der Waals surface area contributed by atoms with Crippen LogP contribution in [0.3, 0.4) is 0 Å². The molecule has 1 atom stereocenters. The van der Waals surface area contributed by atoms with Crippen LogP contribution in [-0.4, -0.2) is 54.4 Å². The average Bonchev–Trinajstić information content (AvgIpc) is 2.78. The number of aromatic nitrogens is 4. The number of aliphatic hydroxyl groups excluding tert-OH is 1. The summed E-state index contributed by atoms with van der Waals surface area (Å²) in [6.45, 7) is 7.05. The Hall–Kier alpha value is -2.69. The van der Waals surface area contributed by atoms with Gasteiger partial charge >= 0.3 is 0 Å². The molecule has 10 nitrogen and oxygen atoms in total. The minimum atomic E-state index is -0.848. The van der Waals surface area contributed by atoms with Crippen molar-refractivity contribution in [1.29, 1.82) is 0 Å². The van der Waals surface area contributed by atoms with Gasteiger partial charge in [0.2, 0.25) is 23.7 Å². The van der Waals surface area contributed by atoms with Crippen LogP contribution >= 0.6 is 23.2 Å². The van der Waals surface area contributed by atoms with Crippen LogP contribution in [0.15, 0.2) is 24.5 Å². The van der Waals surface area contributed by atoms with Crippen LogP contribution in [0.1, 0.15) is 50.0 Å². The Kier molecular flexibility index (Phi) is 11.7. The highest BCUT2D eigenvalue weighted by molar-refractivity contribution is 6.30. The highest BCUT2D eigenvalue weighted by Crippen LogP contribution is 2.12. The fourth-order valence-electron chi connectivity index (χ4n) is 1.85. The number of carbonyl (C=O) groups excluding carboxylic acids is 3. The standard InChI is InChI=1S/C10H14ClN3O2.C10H12ClN3O2/c2*1-6(2)9(16)14-10-12-4-3-7(13-10)8(15)5-11/h3-4,6,8,15H,5H2,1-2H3,(H,12,13,14,16);3-4,6H,5H2,1-2H3,(H,12,13,14,16)/t8-;/m0./s1. The Bertz CT molecular complexity index is 926. The third-order valence-electron chi connectivity index (χ3n) is 3.75. The number of alkyl halides is 2. The van der Waals surface area contributed by atoms with E-state index in [2.05, 4.69) is 30.6 Å². The lowest BCUT2D eigenvalue weighted by molar-refractivity contribution is -0.119. The first kappa shape index (κ1) is 27.3. The van der Waals surface area contributed by atoms with Gasteiger partial charge in [-0.15, -0.1) is 23.2 Å². The Morgan fingerprint density at radius 2 is 1.41 bits per heavy atom. The number of halogens is 2. The first-order valence-electron chi connectivity index (χ1n) is 9.69. The largest absolute Gasteiger partial charge is 0.386 e. The number of aliphatic hydroxyl groups is 1. The van der Waals surface area contributed by atoms with Crippen molar-refractivity contribution in [3.8, 4) is 0 Å². The molecule has 0 bridgehead atoms. The number of hydrogen-bond donors (Lipinski definition) is 3. The van der Waals surface area contributed by atoms with Gasteiger partial charge in [0, 0.05) is 24.2 Å². The van der Waals surface area contributed by atoms with Crippen LogP contribution in [-0.2, 0) is 9.59 Å². The van der Waals surface area contributed by atoms with Gasteiger partial charge in [0.15, 0.2) is 5.78 Å². The van der Waals surface area contributed by atoms with E-state index < -0.39 is 6.10 Å². The summed E-state index contributed by atoms with van der Waals surface area (Å²) in [5.41, 5.74) is 0.591. The van der Waals surface area contributed by atoms with Gasteiger partial charge in [-0.2, -0.15) is 0 Å². The van der Waals surface area contributed by atoms with Crippen molar-refractivity contribution in [3.05, 3.63) is 35.9 Å². The second kappa shape index (κ2) is 13.7. The molecule has 2 aromatic rings. The maximum atomic E-state index is 11.4. The Morgan fingerprint density at radius 3 is 1.88 bits per heavy atom. The van der Waals surface area contributed by atoms with Gasteiger partial charge in [0.1, 0.15) is 11.8 Å². The van der Waals surface area contributed by atoms with Gasteiger partial charge in [0.05, 0.1) is 17.5 Å². The van der Waals surface area contributed by atoms with E-state index in [1.807, 2.05) is 0 Å². The van der Waals surface area contributed by atoms with Crippen LogP contribution in [0.4, 0.5) is 11.9 Å². The van der Waals surface area contributed by atoms with Crippen LogP contribution < -0.4 is 10.6 Å². The van der Waals surface area contributed by atoms with Crippen molar-refractivity contribution in [2.24, 2.45) is 11.8 Å². The van der Waals surface area contributed by atoms with E-state index in [0.717, 1.165) is 0 Å². The van der Waals surface area contributed by atoms with Crippen molar-refractivity contribution < 1.29 is 19.5 Å². The third kappa shape index (κ3) is 9.21. The minimum Gasteiger partial charge on any atom is -0.386 e. The van der Waals surface area contributed by atoms with Crippen molar-refractivity contribution in [2.45, 2.75) is 33.8 Å². The molecular weight excluding hydrogens is 459 g/mol. The molecule has 3 N–H and O–H groups in total. The van der Waals surface area contributed by atoms with Gasteiger partial charge in [0.25, 0.3) is 0 Å². The fraction of sp³-hybridized carbons (Fsp3) is 0.450. The number of anilines is 2. The van der Waals surface area contributed by atoms with Gasteiger partial charge in [-0.1, -0.05) is 27.7 Å². The van der Waals surface area contributed by atoms with E-state index in [-0.39, 0.29) is 58.8 Å². The quantitative estimate of drug-likeness (QED) is 0.382. The van der Waals surface area contributed by atoms with Gasteiger partial charge in [-0.05, 0) is 12.1 Å². The smallest absolute Gasteiger partial charge is 0.230 e. The van der Waals surface area contributed by atoms with E-state index in [0.29, 0.717) is 5.69 Å². The van der Waals surface area contributed by atoms with Crippen LogP contribution in [0.25, 0.3) is 0 Å². The van der Waals surface area contributed by atoms with E-state index >= 15 is 0 Å². The average molecular weight is 485 g/mol. The molecule has 0 aliphatic carbocycles. The maximum absolute atomic E-state index is 11.4. The molecular formula is C20H26Cl2N6O4. The Balaban J connectivity index is 0.000000320. The summed E-state index contributed by atoms with van der Waals surface area (Å²) >= 11 is 10.9. The van der Waals surface area contributed by atoms with E-state index in [1.165, 1.54) is 18.5 Å². The summed E-state index contributed by atoms with van der Waals surface area (Å²) in [5.74, 6) is -0.781. The molecule has 2 amide bonds. The zero-order valence-corrected chi connectivity index (χ0v) is 19.7. The molecule has 12 heteroatoms. The SMILES string of the molecule is CC(C)C(=O)Nc1nccc(C(=O)CCl)n1.CC(C)C(=O)Nc1nccc([C@@H](O)CCl)n1. The molecule has 0 aromatic carbocycles. The van der Waals surface area contributed by atoms with Gasteiger partial charge in [-0.3, -0.25) is 25.0 Å². The molecule has 0 unspecified atom stereocenters. The lowest BCUT2D eigenvalue weighted by Crippen LogP contribution is -2.20. The van der Waals surface area contributed by atoms with E-state index in [9.17, 15) is 19.5 Å². The Labute approximate surface area is 196 Å². The molecule has 0 aliphatic rings. The number of nitrogens with zero attached hydrogens (tertiary/aromatic N) is 4. The monoisotopic (exact) mass is 484 g/mol. The first-order valence-corrected chi connectivity index (χ1v) is 10.8. The second-order valence-electron chi connectivity index (χ2n) is 7.09. The third-order valence-corrected chi connectivity index (χ3v) is 4.28. The molecule has 0 saturated heterocycles. The lowest BCUT2D eigenvalue weighted by atomic mass is 10.2. The second-order valence-corrected chi connectivity index (χ2v) is 7.66. The minimum absolute atomic E-state index is 0.0502. The summed E-state index contributed by atoms with van der Waals surface area (Å²) in [4.78, 5) is 49.6. The summed E-state index contributed by atoms with van der Waals surface area (Å²) in [5, 5.41) is 14.5. The number of Topliss-reactive ketones (excluding diaryl/α,β-unsaturated/α-hetero) is 1. The van der Waals surface area contributed by atoms with Crippen molar-refractivity contribution >= 4 is 52.7 Å². The van der Waals surface area contributed by atoms with Crippen LogP contribution in [0, 0.1) is 11.8 Å². The molecule has 0 fully saturated rings. The molecule has 2 heterocycles. The van der Waals surface area contributed by atoms with Crippen molar-refractivity contribution in [2.75, 3.05) is 22.4 Å². The molecule has 2 aromatic heterocycles. The summed E-state index contributed by atoms with van der Waals surface area (Å²) in [6.07, 6.45) is 2.02. The van der Waals surface area contributed by atoms with Crippen LogP contribution in [0.5, 0.6) is 0 Å². The zero-order chi connectivity index (χ0) is 24.3. The number of ketones is 1. The molecule has 0 aliphatic heterocycles. The molecule has 2 rings (SSSR count). The van der Waals surface area contributed by atoms with Gasteiger partial charge < -0.3 is 5.11 Å². The number of nitrogens with one attached hydrogen (secondary N) is 2. The molecule has 32 heavy (non-hydrogen) atoms. The van der Waals surface area contributed by atoms with Gasteiger partial charge in [-0.25, -0.2) is 19.9 Å². The molecule has 174 valence electrons. The highest BCUT2D eigenvalue weighted by atomic mass is 35.5. The number of hydrogen-bond acceptors (Lipinski definition) is 8. The zero-order valence-electron chi connectivity index (χ0n) is 18.2. The molecule has 0 radical (unpaired) electrons. The van der Waals surface area contributed by atoms with E-state index in [1.54, 1.807) is 33.8 Å². The summed E-state index contributed by atoms with van der Waals surface area (Å²) in [7, 11) is 0. The predicted molar refractivity (Wildman–Crippen MR) is 122 cm³/mol. The topological polar surface area (TPSA) is 147 Å². The predicted octanol–water partition coefficient (Wildman–Crippen LogP) is 2.84. The fourth-order valence-corrected chi connectivity index (χ4v) is 2.14. The summed E-state index contributed by atoms with van der Waals surface area (Å²) < 4.78 is 0.